The van der Waals surface area contributed by atoms with Crippen molar-refractivity contribution < 1.29 is 4.57 Å². The van der Waals surface area contributed by atoms with Crippen LogP contribution in [0.3, 0.4) is 0 Å². The van der Waals surface area contributed by atoms with Gasteiger partial charge in [0.1, 0.15) is 0 Å². The third-order valence-electron chi connectivity index (χ3n) is 8.41. The van der Waals surface area contributed by atoms with E-state index in [1.807, 2.05) is 47.7 Å². The van der Waals surface area contributed by atoms with E-state index in [2.05, 4.69) is 102 Å². The van der Waals surface area contributed by atoms with E-state index in [9.17, 15) is 0 Å². The lowest BCUT2D eigenvalue weighted by Gasteiger charge is -2.16. The number of nitrogens with zero attached hydrogens (tertiary/aromatic N) is 1. The van der Waals surface area contributed by atoms with Gasteiger partial charge in [-0.25, -0.2) is 0 Å². The van der Waals surface area contributed by atoms with E-state index in [0.717, 1.165) is 43.8 Å². The molecule has 0 bridgehead atoms. The fourth-order valence-corrected chi connectivity index (χ4v) is 11.0. The van der Waals surface area contributed by atoms with E-state index < -0.39 is 7.14 Å². The molecule has 2 aromatic heterocycles. The lowest BCUT2D eigenvalue weighted by molar-refractivity contribution is 0.593. The largest absolute Gasteiger partial charge is 0.309 e. The van der Waals surface area contributed by atoms with Crippen molar-refractivity contribution >= 4 is 76.4 Å². The SMILES string of the molecule is O=P1(c2ccccc2)c2ccccc2-c2c1ccc1c3ccccc3n(-c3cccc4sc5ccccc5c34)c21. The molecular weight excluding hydrogens is 525 g/mol. The molecule has 9 rings (SSSR count). The van der Waals surface area contributed by atoms with Crippen LogP contribution in [0.25, 0.3) is 58.8 Å². The zero-order chi connectivity index (χ0) is 26.4. The minimum atomic E-state index is -3.05. The van der Waals surface area contributed by atoms with Crippen molar-refractivity contribution in [2.24, 2.45) is 0 Å². The van der Waals surface area contributed by atoms with Gasteiger partial charge < -0.3 is 9.13 Å². The van der Waals surface area contributed by atoms with Crippen molar-refractivity contribution in [2.45, 2.75) is 0 Å². The number of hydrogen-bond donors (Lipinski definition) is 0. The third kappa shape index (κ3) is 2.76. The van der Waals surface area contributed by atoms with Gasteiger partial charge in [-0.3, -0.25) is 0 Å². The molecule has 3 heterocycles. The quantitative estimate of drug-likeness (QED) is 0.198. The molecule has 188 valence electrons. The molecule has 0 saturated heterocycles. The summed E-state index contributed by atoms with van der Waals surface area (Å²) in [5, 5.41) is 7.67. The number of fused-ring (bicyclic) bond motifs is 10. The molecular formula is C36H22NOPS. The molecule has 1 unspecified atom stereocenters. The Morgan fingerprint density at radius 3 is 2.17 bits per heavy atom. The summed E-state index contributed by atoms with van der Waals surface area (Å²) in [6.45, 7) is 0. The van der Waals surface area contributed by atoms with Crippen molar-refractivity contribution in [1.29, 1.82) is 0 Å². The van der Waals surface area contributed by atoms with Gasteiger partial charge >= 0.3 is 0 Å². The molecule has 6 aromatic carbocycles. The average molecular weight is 548 g/mol. The van der Waals surface area contributed by atoms with Crippen LogP contribution in [-0.4, -0.2) is 4.57 Å². The fraction of sp³-hybridized carbons (Fsp3) is 0. The number of benzene rings is 6. The van der Waals surface area contributed by atoms with Crippen LogP contribution in [-0.2, 0) is 4.57 Å². The molecule has 0 radical (unpaired) electrons. The average Bonchev–Trinajstić information content (AvgIpc) is 3.65. The van der Waals surface area contributed by atoms with Crippen molar-refractivity contribution in [3.05, 3.63) is 133 Å². The standard InChI is InChI=1S/C36H22NOPS/c38-39(23-11-2-1-3-12-23)30-18-8-5-14-26(30)35-31(39)22-21-25-24-13-4-7-16-28(24)37(36(25)35)29-17-10-20-33-34(29)27-15-6-9-19-32(27)40-33/h1-22H. The Hall–Kier alpha value is -4.43. The van der Waals surface area contributed by atoms with Gasteiger partial charge in [-0.1, -0.05) is 103 Å². The highest BCUT2D eigenvalue weighted by Gasteiger charge is 2.41. The zero-order valence-corrected chi connectivity index (χ0v) is 23.1. The molecule has 0 fully saturated rings. The van der Waals surface area contributed by atoms with E-state index in [-0.39, 0.29) is 0 Å². The summed E-state index contributed by atoms with van der Waals surface area (Å²) in [6, 6.07) is 46.6. The predicted octanol–water partition coefficient (Wildman–Crippen LogP) is 8.77. The Morgan fingerprint density at radius 1 is 0.550 bits per heavy atom. The molecule has 0 spiro atoms. The van der Waals surface area contributed by atoms with E-state index in [4.69, 9.17) is 0 Å². The molecule has 40 heavy (non-hydrogen) atoms. The first-order valence-electron chi connectivity index (χ1n) is 13.5. The van der Waals surface area contributed by atoms with Gasteiger partial charge in [-0.2, -0.15) is 0 Å². The van der Waals surface area contributed by atoms with Gasteiger partial charge in [0, 0.05) is 52.4 Å². The molecule has 0 N–H and O–H groups in total. The van der Waals surface area contributed by atoms with Gasteiger partial charge in [0.25, 0.3) is 0 Å². The van der Waals surface area contributed by atoms with Gasteiger partial charge in [-0.15, -0.1) is 11.3 Å². The first-order chi connectivity index (χ1) is 19.7. The van der Waals surface area contributed by atoms with Crippen LogP contribution < -0.4 is 15.9 Å². The molecule has 1 aliphatic rings. The van der Waals surface area contributed by atoms with Gasteiger partial charge in [0.05, 0.1) is 16.7 Å². The highest BCUT2D eigenvalue weighted by molar-refractivity contribution is 7.86. The first kappa shape index (κ1) is 22.4. The molecule has 0 aliphatic carbocycles. The molecule has 2 nitrogen and oxygen atoms in total. The summed E-state index contributed by atoms with van der Waals surface area (Å²) >= 11 is 1.84. The predicted molar refractivity (Wildman–Crippen MR) is 172 cm³/mol. The van der Waals surface area contributed by atoms with Crippen LogP contribution in [0.1, 0.15) is 0 Å². The highest BCUT2D eigenvalue weighted by Crippen LogP contribution is 2.55. The molecule has 0 amide bonds. The second-order valence-electron chi connectivity index (χ2n) is 10.4. The fourth-order valence-electron chi connectivity index (χ4n) is 6.77. The van der Waals surface area contributed by atoms with Gasteiger partial charge in [0.15, 0.2) is 7.14 Å². The Morgan fingerprint density at radius 2 is 1.27 bits per heavy atom. The Balaban J connectivity index is 1.51. The smallest absolute Gasteiger partial charge is 0.172 e. The van der Waals surface area contributed by atoms with E-state index in [0.29, 0.717) is 0 Å². The van der Waals surface area contributed by atoms with Crippen molar-refractivity contribution in [3.63, 3.8) is 0 Å². The Kier molecular flexibility index (Phi) is 4.51. The van der Waals surface area contributed by atoms with E-state index in [1.165, 1.54) is 30.9 Å². The van der Waals surface area contributed by atoms with Crippen LogP contribution in [0, 0.1) is 0 Å². The Labute approximate surface area is 235 Å². The lowest BCUT2D eigenvalue weighted by Crippen LogP contribution is -2.20. The number of para-hydroxylation sites is 1. The summed E-state index contributed by atoms with van der Waals surface area (Å²) in [5.74, 6) is 0. The maximum absolute atomic E-state index is 15.3. The van der Waals surface area contributed by atoms with Crippen LogP contribution in [0.2, 0.25) is 0 Å². The Bertz CT molecular complexity index is 2360. The maximum Gasteiger partial charge on any atom is 0.172 e. The first-order valence-corrected chi connectivity index (χ1v) is 16.0. The molecule has 4 heteroatoms. The third-order valence-corrected chi connectivity index (χ3v) is 12.7. The monoisotopic (exact) mass is 547 g/mol. The van der Waals surface area contributed by atoms with Gasteiger partial charge in [-0.05, 0) is 35.9 Å². The number of hydrogen-bond acceptors (Lipinski definition) is 2. The summed E-state index contributed by atoms with van der Waals surface area (Å²) < 4.78 is 20.3. The van der Waals surface area contributed by atoms with Crippen molar-refractivity contribution in [3.8, 4) is 16.8 Å². The minimum Gasteiger partial charge on any atom is -0.309 e. The lowest BCUT2D eigenvalue weighted by atomic mass is 10.0. The maximum atomic E-state index is 15.3. The normalized spacial score (nSPS) is 16.2. The summed E-state index contributed by atoms with van der Waals surface area (Å²) in [7, 11) is -3.05. The number of aromatic nitrogens is 1. The van der Waals surface area contributed by atoms with Gasteiger partial charge in [0.2, 0.25) is 0 Å². The topological polar surface area (TPSA) is 22.0 Å². The van der Waals surface area contributed by atoms with Crippen LogP contribution >= 0.6 is 18.5 Å². The minimum absolute atomic E-state index is 0.883. The molecule has 0 saturated carbocycles. The van der Waals surface area contributed by atoms with Crippen molar-refractivity contribution in [1.82, 2.24) is 4.57 Å². The van der Waals surface area contributed by atoms with E-state index >= 15 is 4.57 Å². The van der Waals surface area contributed by atoms with E-state index in [1.54, 1.807) is 0 Å². The second kappa shape index (κ2) is 8.05. The van der Waals surface area contributed by atoms with Crippen LogP contribution in [0.4, 0.5) is 0 Å². The number of rotatable bonds is 2. The van der Waals surface area contributed by atoms with Crippen LogP contribution in [0.5, 0.6) is 0 Å². The molecule has 8 aromatic rings. The number of thiophene rings is 1. The van der Waals surface area contributed by atoms with Crippen LogP contribution in [0.15, 0.2) is 133 Å². The highest BCUT2D eigenvalue weighted by atomic mass is 32.1. The summed E-state index contributed by atoms with van der Waals surface area (Å²) in [5.41, 5.74) is 5.61. The van der Waals surface area contributed by atoms with Crippen molar-refractivity contribution in [2.75, 3.05) is 0 Å². The molecule has 1 aliphatic heterocycles. The summed E-state index contributed by atoms with van der Waals surface area (Å²) in [4.78, 5) is 0. The zero-order valence-electron chi connectivity index (χ0n) is 21.4. The summed E-state index contributed by atoms with van der Waals surface area (Å²) in [6.07, 6.45) is 0. The second-order valence-corrected chi connectivity index (χ2v) is 14.2. The molecule has 1 atom stereocenters.